The first-order valence-corrected chi connectivity index (χ1v) is 16.0. The van der Waals surface area contributed by atoms with Crippen LogP contribution in [0.4, 0.5) is 23.0 Å². The lowest BCUT2D eigenvalue weighted by Crippen LogP contribution is -2.52. The normalized spacial score (nSPS) is 20.5. The van der Waals surface area contributed by atoms with Gasteiger partial charge in [0.1, 0.15) is 23.3 Å². The second kappa shape index (κ2) is 13.2. The molecule has 3 fully saturated rings. The zero-order valence-electron chi connectivity index (χ0n) is 24.6. The fourth-order valence-corrected chi connectivity index (χ4v) is 6.81. The van der Waals surface area contributed by atoms with E-state index >= 15 is 0 Å². The molecule has 5 heterocycles. The molecule has 0 saturated carbocycles. The van der Waals surface area contributed by atoms with Gasteiger partial charge in [-0.05, 0) is 63.4 Å². The second-order valence-corrected chi connectivity index (χ2v) is 12.4. The number of aromatic nitrogens is 3. The summed E-state index contributed by atoms with van der Waals surface area (Å²) in [6.45, 7) is 10.4. The third-order valence-corrected chi connectivity index (χ3v) is 9.35. The number of piperazine rings is 1. The van der Waals surface area contributed by atoms with E-state index in [1.807, 2.05) is 5.38 Å². The van der Waals surface area contributed by atoms with Crippen molar-refractivity contribution in [3.8, 4) is 11.4 Å². The predicted molar refractivity (Wildman–Crippen MR) is 169 cm³/mol. The van der Waals surface area contributed by atoms with Crippen LogP contribution < -0.4 is 21.3 Å². The van der Waals surface area contributed by atoms with Gasteiger partial charge >= 0.3 is 0 Å². The molecule has 1 aromatic carbocycles. The van der Waals surface area contributed by atoms with Crippen molar-refractivity contribution in [3.05, 3.63) is 40.3 Å². The Kier molecular flexibility index (Phi) is 9.17. The van der Waals surface area contributed by atoms with Gasteiger partial charge in [-0.15, -0.1) is 11.3 Å². The average Bonchev–Trinajstić information content (AvgIpc) is 3.53. The predicted octanol–water partition coefficient (Wildman–Crippen LogP) is 3.41. The van der Waals surface area contributed by atoms with Crippen molar-refractivity contribution in [2.45, 2.75) is 50.9 Å². The second-order valence-electron chi connectivity index (χ2n) is 11.7. The van der Waals surface area contributed by atoms with E-state index in [-0.39, 0.29) is 11.7 Å². The van der Waals surface area contributed by atoms with Crippen molar-refractivity contribution in [2.75, 3.05) is 75.1 Å². The van der Waals surface area contributed by atoms with Crippen LogP contribution in [-0.4, -0.2) is 101 Å². The molecule has 42 heavy (non-hydrogen) atoms. The maximum absolute atomic E-state index is 10.5. The summed E-state index contributed by atoms with van der Waals surface area (Å²) in [5.74, 6) is 1.05. The van der Waals surface area contributed by atoms with Crippen LogP contribution >= 0.6 is 11.3 Å². The van der Waals surface area contributed by atoms with Gasteiger partial charge < -0.3 is 36.0 Å². The van der Waals surface area contributed by atoms with Gasteiger partial charge in [0.05, 0.1) is 5.51 Å². The third kappa shape index (κ3) is 6.69. The molecule has 0 bridgehead atoms. The molecule has 0 radical (unpaired) electrons. The summed E-state index contributed by atoms with van der Waals surface area (Å²) >= 11 is 1.49. The van der Waals surface area contributed by atoms with E-state index < -0.39 is 6.23 Å². The Morgan fingerprint density at radius 3 is 2.45 bits per heavy atom. The molecule has 0 amide bonds. The number of thiazole rings is 1. The van der Waals surface area contributed by atoms with Crippen LogP contribution in [0.3, 0.4) is 0 Å². The monoisotopic (exact) mass is 593 g/mol. The molecule has 3 aliphatic rings. The van der Waals surface area contributed by atoms with Crippen molar-refractivity contribution in [2.24, 2.45) is 5.73 Å². The highest BCUT2D eigenvalue weighted by Gasteiger charge is 2.28. The third-order valence-electron chi connectivity index (χ3n) is 8.76. The summed E-state index contributed by atoms with van der Waals surface area (Å²) in [4.78, 5) is 21.8. The molecular formula is C30H43N9O2S. The standard InChI is InChI=1S/C30H43N9O2S/c1-20-17-22(3-4-25(20)39-9-5-23(6-10-39)38-13-11-37(2)12-14-38)34-30-27(28(31)40)35-26(24-18-42-19-32-24)29(36-30)33-21-7-15-41-16-8-21/h3-4,17-19,21,23,28,40H,5-16,31H2,1-2H3,(H2,33,34,36). The summed E-state index contributed by atoms with van der Waals surface area (Å²) < 4.78 is 5.54. The first-order valence-electron chi connectivity index (χ1n) is 15.1. The maximum Gasteiger partial charge on any atom is 0.158 e. The zero-order chi connectivity index (χ0) is 29.1. The number of ether oxygens (including phenoxy) is 1. The van der Waals surface area contributed by atoms with E-state index in [4.69, 9.17) is 20.4 Å². The molecule has 3 saturated heterocycles. The molecule has 0 spiro atoms. The number of aryl methyl sites for hydroxylation is 1. The van der Waals surface area contributed by atoms with E-state index in [1.165, 1.54) is 61.6 Å². The van der Waals surface area contributed by atoms with Crippen LogP contribution in [0.5, 0.6) is 0 Å². The van der Waals surface area contributed by atoms with Crippen LogP contribution in [0.2, 0.25) is 0 Å². The molecule has 6 rings (SSSR count). The number of piperidine rings is 1. The largest absolute Gasteiger partial charge is 0.381 e. The number of rotatable bonds is 8. The van der Waals surface area contributed by atoms with E-state index in [9.17, 15) is 5.11 Å². The molecule has 0 aliphatic carbocycles. The smallest absolute Gasteiger partial charge is 0.158 e. The summed E-state index contributed by atoms with van der Waals surface area (Å²) in [6, 6.07) is 7.30. The van der Waals surface area contributed by atoms with Gasteiger partial charge in [-0.3, -0.25) is 4.90 Å². The fraction of sp³-hybridized carbons (Fsp3) is 0.567. The molecule has 3 aliphatic heterocycles. The highest BCUT2D eigenvalue weighted by Crippen LogP contribution is 2.33. The Labute approximate surface area is 252 Å². The van der Waals surface area contributed by atoms with Crippen LogP contribution in [-0.2, 0) is 4.74 Å². The molecule has 1 unspecified atom stereocenters. The number of hydrogen-bond donors (Lipinski definition) is 4. The Bertz CT molecular complexity index is 1320. The highest BCUT2D eigenvalue weighted by molar-refractivity contribution is 7.07. The van der Waals surface area contributed by atoms with Crippen molar-refractivity contribution >= 4 is 34.3 Å². The topological polar surface area (TPSA) is 128 Å². The SMILES string of the molecule is Cc1cc(Nc2nc(NC3CCOCC3)c(-c3cscn3)nc2C(N)O)ccc1N1CCC(N2CCN(C)CC2)CC1. The van der Waals surface area contributed by atoms with Crippen molar-refractivity contribution < 1.29 is 9.84 Å². The Balaban J connectivity index is 1.19. The van der Waals surface area contributed by atoms with Gasteiger partial charge in [0.15, 0.2) is 11.6 Å². The number of nitrogens with two attached hydrogens (primary N) is 1. The lowest BCUT2D eigenvalue weighted by atomic mass is 10.0. The van der Waals surface area contributed by atoms with Crippen LogP contribution in [0, 0.1) is 6.92 Å². The molecule has 1 atom stereocenters. The number of benzene rings is 1. The van der Waals surface area contributed by atoms with Gasteiger partial charge in [0.25, 0.3) is 0 Å². The summed E-state index contributed by atoms with van der Waals surface area (Å²) in [5, 5.41) is 19.4. The van der Waals surface area contributed by atoms with Crippen LogP contribution in [0.1, 0.15) is 43.2 Å². The van der Waals surface area contributed by atoms with Crippen molar-refractivity contribution in [3.63, 3.8) is 0 Å². The van der Waals surface area contributed by atoms with Gasteiger partial charge in [-0.2, -0.15) is 0 Å². The van der Waals surface area contributed by atoms with Crippen molar-refractivity contribution in [1.82, 2.24) is 24.8 Å². The highest BCUT2D eigenvalue weighted by atomic mass is 32.1. The summed E-state index contributed by atoms with van der Waals surface area (Å²) in [5.41, 5.74) is 12.7. The van der Waals surface area contributed by atoms with E-state index in [0.717, 1.165) is 31.6 Å². The van der Waals surface area contributed by atoms with E-state index in [1.54, 1.807) is 5.51 Å². The van der Waals surface area contributed by atoms with Crippen molar-refractivity contribution in [1.29, 1.82) is 0 Å². The fourth-order valence-electron chi connectivity index (χ4n) is 6.27. The summed E-state index contributed by atoms with van der Waals surface area (Å²) in [6.07, 6.45) is 2.87. The average molecular weight is 594 g/mol. The zero-order valence-corrected chi connectivity index (χ0v) is 25.4. The molecule has 226 valence electrons. The quantitative estimate of drug-likeness (QED) is 0.287. The Morgan fingerprint density at radius 2 is 1.79 bits per heavy atom. The lowest BCUT2D eigenvalue weighted by molar-refractivity contribution is 0.0904. The number of aliphatic hydroxyl groups excluding tert-OH is 1. The molecule has 12 heteroatoms. The summed E-state index contributed by atoms with van der Waals surface area (Å²) in [7, 11) is 2.22. The number of anilines is 4. The molecule has 2 aromatic heterocycles. The number of aliphatic hydroxyl groups is 1. The lowest BCUT2D eigenvalue weighted by Gasteiger charge is -2.43. The first kappa shape index (κ1) is 29.2. The van der Waals surface area contributed by atoms with Gasteiger partial charge in [-0.1, -0.05) is 0 Å². The van der Waals surface area contributed by atoms with Crippen LogP contribution in [0.15, 0.2) is 29.1 Å². The van der Waals surface area contributed by atoms with Gasteiger partial charge in [0.2, 0.25) is 0 Å². The number of hydrogen-bond acceptors (Lipinski definition) is 12. The maximum atomic E-state index is 10.5. The Morgan fingerprint density at radius 1 is 1.02 bits per heavy atom. The molecular weight excluding hydrogens is 550 g/mol. The number of nitrogens with zero attached hydrogens (tertiary/aromatic N) is 6. The molecule has 11 nitrogen and oxygen atoms in total. The van der Waals surface area contributed by atoms with Gasteiger partial charge in [-0.25, -0.2) is 15.0 Å². The minimum Gasteiger partial charge on any atom is -0.381 e. The van der Waals surface area contributed by atoms with Gasteiger partial charge in [0, 0.05) is 81.3 Å². The minimum absolute atomic E-state index is 0.217. The molecule has 3 aromatic rings. The first-order chi connectivity index (χ1) is 20.4. The number of nitrogens with one attached hydrogen (secondary N) is 2. The molecule has 5 N–H and O–H groups in total. The van der Waals surface area contributed by atoms with E-state index in [2.05, 4.69) is 62.5 Å². The van der Waals surface area contributed by atoms with E-state index in [0.29, 0.717) is 42.3 Å². The van der Waals surface area contributed by atoms with Crippen LogP contribution in [0.25, 0.3) is 11.4 Å². The Hall–Kier alpha value is -2.87. The minimum atomic E-state index is -1.29. The number of likely N-dealkylation sites (N-methyl/N-ethyl adjacent to an activating group) is 1.